The fourth-order valence-corrected chi connectivity index (χ4v) is 1.67. The zero-order valence-corrected chi connectivity index (χ0v) is 12.2. The Kier molecular flexibility index (Phi) is 4.68. The molecule has 0 spiro atoms. The van der Waals surface area contributed by atoms with Gasteiger partial charge < -0.3 is 9.47 Å². The van der Waals surface area contributed by atoms with Gasteiger partial charge in [0.15, 0.2) is 0 Å². The molecule has 0 unspecified atom stereocenters. The lowest BCUT2D eigenvalue weighted by Gasteiger charge is -2.04. The summed E-state index contributed by atoms with van der Waals surface area (Å²) in [6.45, 7) is 3.73. The Bertz CT molecular complexity index is 637. The van der Waals surface area contributed by atoms with Crippen LogP contribution >= 0.6 is 0 Å². The molecule has 5 heteroatoms. The molecular weight excluding hydrogens is 284 g/mol. The minimum absolute atomic E-state index is 0.199. The minimum atomic E-state index is -1.35. The average Bonchev–Trinajstić information content (AvgIpc) is 2.48. The first-order chi connectivity index (χ1) is 10.5. The maximum absolute atomic E-state index is 11.7. The quantitative estimate of drug-likeness (QED) is 0.627. The monoisotopic (exact) mass is 298 g/mol. The largest absolute Gasteiger partial charge is 0.524 e. The highest BCUT2D eigenvalue weighted by Gasteiger charge is 2.18. The normalized spacial score (nSPS) is 9.91. The predicted octanol–water partition coefficient (Wildman–Crippen LogP) is 3.44. The number of esters is 2. The van der Waals surface area contributed by atoms with Crippen LogP contribution in [0.5, 0.6) is 0 Å². The molecule has 0 N–H and O–H groups in total. The summed E-state index contributed by atoms with van der Waals surface area (Å²) < 4.78 is 8.94. The highest BCUT2D eigenvalue weighted by molar-refractivity contribution is 6.00. The van der Waals surface area contributed by atoms with E-state index in [1.54, 1.807) is 24.3 Å². The van der Waals surface area contributed by atoms with Gasteiger partial charge in [0.25, 0.3) is 0 Å². The van der Waals surface area contributed by atoms with E-state index in [-0.39, 0.29) is 11.1 Å². The van der Waals surface area contributed by atoms with Crippen LogP contribution < -0.4 is 0 Å². The van der Waals surface area contributed by atoms with Crippen molar-refractivity contribution in [1.82, 2.24) is 0 Å². The van der Waals surface area contributed by atoms with Crippen molar-refractivity contribution in [2.45, 2.75) is 13.8 Å². The molecule has 2 aromatic rings. The first-order valence-corrected chi connectivity index (χ1v) is 6.57. The first-order valence-electron chi connectivity index (χ1n) is 6.57. The summed E-state index contributed by atoms with van der Waals surface area (Å²) in [5.41, 5.74) is 2.33. The van der Waals surface area contributed by atoms with E-state index >= 15 is 0 Å². The van der Waals surface area contributed by atoms with Crippen LogP contribution in [0.25, 0.3) is 0 Å². The number of aryl methyl sites for hydroxylation is 2. The van der Waals surface area contributed by atoms with Gasteiger partial charge in [-0.2, -0.15) is 0 Å². The standard InChI is InChI=1S/C17H14O5/c1-11-3-7-13(8-4-11)15(18)21-17(20)22-16(19)14-9-5-12(2)6-10-14/h3-10H,1-2H3. The van der Waals surface area contributed by atoms with Gasteiger partial charge in [0.1, 0.15) is 0 Å². The van der Waals surface area contributed by atoms with E-state index in [0.29, 0.717) is 0 Å². The fraction of sp³-hybridized carbons (Fsp3) is 0.118. The van der Waals surface area contributed by atoms with E-state index in [4.69, 9.17) is 0 Å². The number of hydrogen-bond acceptors (Lipinski definition) is 5. The van der Waals surface area contributed by atoms with E-state index in [0.717, 1.165) is 11.1 Å². The molecule has 0 amide bonds. The maximum atomic E-state index is 11.7. The first kappa shape index (κ1) is 15.4. The van der Waals surface area contributed by atoms with Crippen molar-refractivity contribution in [3.05, 3.63) is 70.8 Å². The van der Waals surface area contributed by atoms with E-state index in [9.17, 15) is 14.4 Å². The summed E-state index contributed by atoms with van der Waals surface area (Å²) in [6.07, 6.45) is -1.35. The summed E-state index contributed by atoms with van der Waals surface area (Å²) >= 11 is 0. The number of carbonyl (C=O) groups is 3. The van der Waals surface area contributed by atoms with E-state index in [1.807, 2.05) is 13.8 Å². The maximum Gasteiger partial charge on any atom is 0.524 e. The molecule has 0 bridgehead atoms. The van der Waals surface area contributed by atoms with Crippen LogP contribution in [0.3, 0.4) is 0 Å². The molecule has 0 aliphatic carbocycles. The Morgan fingerprint density at radius 3 is 1.27 bits per heavy atom. The third-order valence-corrected chi connectivity index (χ3v) is 2.93. The predicted molar refractivity (Wildman–Crippen MR) is 78.6 cm³/mol. The second-order valence-electron chi connectivity index (χ2n) is 4.76. The van der Waals surface area contributed by atoms with Gasteiger partial charge in [-0.1, -0.05) is 35.4 Å². The molecule has 0 aliphatic rings. The van der Waals surface area contributed by atoms with Crippen LogP contribution in [0.1, 0.15) is 31.8 Å². The number of ether oxygens (including phenoxy) is 2. The smallest absolute Gasteiger partial charge is 0.356 e. The van der Waals surface area contributed by atoms with Gasteiger partial charge in [-0.15, -0.1) is 0 Å². The SMILES string of the molecule is Cc1ccc(C(=O)OC(=O)OC(=O)c2ccc(C)cc2)cc1. The van der Waals surface area contributed by atoms with Gasteiger partial charge in [0, 0.05) is 0 Å². The molecule has 22 heavy (non-hydrogen) atoms. The van der Waals surface area contributed by atoms with Gasteiger partial charge in [-0.3, -0.25) is 0 Å². The van der Waals surface area contributed by atoms with Crippen molar-refractivity contribution in [2.75, 3.05) is 0 Å². The Balaban J connectivity index is 1.95. The van der Waals surface area contributed by atoms with Crippen molar-refractivity contribution in [3.63, 3.8) is 0 Å². The molecule has 2 aromatic carbocycles. The Morgan fingerprint density at radius 1 is 0.636 bits per heavy atom. The lowest BCUT2D eigenvalue weighted by molar-refractivity contribution is 0.0337. The van der Waals surface area contributed by atoms with Gasteiger partial charge in [-0.25, -0.2) is 14.4 Å². The third kappa shape index (κ3) is 4.02. The number of rotatable bonds is 2. The zero-order valence-electron chi connectivity index (χ0n) is 12.2. The van der Waals surface area contributed by atoms with Crippen LogP contribution in [0.4, 0.5) is 4.79 Å². The van der Waals surface area contributed by atoms with E-state index in [1.165, 1.54) is 24.3 Å². The molecule has 0 saturated carbocycles. The second kappa shape index (κ2) is 6.67. The van der Waals surface area contributed by atoms with Crippen LogP contribution in [0, 0.1) is 13.8 Å². The highest BCUT2D eigenvalue weighted by atomic mass is 16.8. The van der Waals surface area contributed by atoms with Crippen LogP contribution in [0.2, 0.25) is 0 Å². The van der Waals surface area contributed by atoms with E-state index < -0.39 is 18.1 Å². The van der Waals surface area contributed by atoms with E-state index in [2.05, 4.69) is 9.47 Å². The molecule has 0 heterocycles. The molecule has 5 nitrogen and oxygen atoms in total. The Morgan fingerprint density at radius 2 is 0.955 bits per heavy atom. The molecular formula is C17H14O5. The summed E-state index contributed by atoms with van der Waals surface area (Å²) in [5.74, 6) is -1.75. The molecule has 112 valence electrons. The van der Waals surface area contributed by atoms with Gasteiger partial charge in [0.2, 0.25) is 0 Å². The Labute approximate surface area is 127 Å². The lowest BCUT2D eigenvalue weighted by atomic mass is 10.1. The van der Waals surface area contributed by atoms with Crippen molar-refractivity contribution in [3.8, 4) is 0 Å². The van der Waals surface area contributed by atoms with Gasteiger partial charge in [0.05, 0.1) is 11.1 Å². The molecule has 0 radical (unpaired) electrons. The summed E-state index contributed by atoms with van der Waals surface area (Å²) in [4.78, 5) is 34.8. The van der Waals surface area contributed by atoms with Gasteiger partial charge >= 0.3 is 18.1 Å². The van der Waals surface area contributed by atoms with Crippen molar-refractivity contribution >= 4 is 18.1 Å². The summed E-state index contributed by atoms with van der Waals surface area (Å²) in [6, 6.07) is 12.9. The molecule has 0 atom stereocenters. The van der Waals surface area contributed by atoms with Crippen molar-refractivity contribution in [1.29, 1.82) is 0 Å². The van der Waals surface area contributed by atoms with Crippen LogP contribution in [-0.4, -0.2) is 18.1 Å². The van der Waals surface area contributed by atoms with Crippen molar-refractivity contribution in [2.24, 2.45) is 0 Å². The molecule has 2 rings (SSSR count). The Hall–Kier alpha value is -2.95. The van der Waals surface area contributed by atoms with Crippen LogP contribution in [0.15, 0.2) is 48.5 Å². The highest BCUT2D eigenvalue weighted by Crippen LogP contribution is 2.08. The minimum Gasteiger partial charge on any atom is -0.356 e. The molecule has 0 aliphatic heterocycles. The van der Waals surface area contributed by atoms with Crippen molar-refractivity contribution < 1.29 is 23.9 Å². The summed E-state index contributed by atoms with van der Waals surface area (Å²) in [7, 11) is 0. The average molecular weight is 298 g/mol. The van der Waals surface area contributed by atoms with Gasteiger partial charge in [-0.05, 0) is 38.1 Å². The molecule has 0 aromatic heterocycles. The summed E-state index contributed by atoms with van der Waals surface area (Å²) in [5, 5.41) is 0. The number of carbonyl (C=O) groups excluding carboxylic acids is 3. The molecule has 0 saturated heterocycles. The fourth-order valence-electron chi connectivity index (χ4n) is 1.67. The topological polar surface area (TPSA) is 69.7 Å². The lowest BCUT2D eigenvalue weighted by Crippen LogP contribution is -2.18. The van der Waals surface area contributed by atoms with Crippen LogP contribution in [-0.2, 0) is 9.47 Å². The third-order valence-electron chi connectivity index (χ3n) is 2.93. The molecule has 0 fully saturated rings. The number of benzene rings is 2. The number of hydrogen-bond donors (Lipinski definition) is 0. The zero-order chi connectivity index (χ0) is 16.1. The second-order valence-corrected chi connectivity index (χ2v) is 4.76.